The van der Waals surface area contributed by atoms with Crippen LogP contribution in [0.15, 0.2) is 46.0 Å². The molecule has 0 spiro atoms. The van der Waals surface area contributed by atoms with E-state index < -0.39 is 0 Å². The van der Waals surface area contributed by atoms with Crippen LogP contribution >= 0.6 is 11.6 Å². The molecule has 0 radical (unpaired) electrons. The lowest BCUT2D eigenvalue weighted by Crippen LogP contribution is -2.47. The molecule has 0 unspecified atom stereocenters. The molecule has 1 aliphatic rings. The topological polar surface area (TPSA) is 67.4 Å². The van der Waals surface area contributed by atoms with Gasteiger partial charge in [0.25, 0.3) is 0 Å². The number of piperazine rings is 1. The van der Waals surface area contributed by atoms with Gasteiger partial charge in [-0.3, -0.25) is 14.5 Å². The first kappa shape index (κ1) is 15.2. The van der Waals surface area contributed by atoms with Crippen molar-refractivity contribution >= 4 is 28.5 Å². The molecule has 1 saturated heterocycles. The van der Waals surface area contributed by atoms with Crippen LogP contribution in [-0.4, -0.2) is 45.6 Å². The van der Waals surface area contributed by atoms with E-state index in [0.29, 0.717) is 17.3 Å². The number of hydrogen-bond donors (Lipinski definition) is 0. The van der Waals surface area contributed by atoms with Crippen molar-refractivity contribution in [1.82, 2.24) is 19.4 Å². The molecule has 3 aromatic rings. The third-order valence-corrected chi connectivity index (χ3v) is 4.45. The summed E-state index contributed by atoms with van der Waals surface area (Å²) in [6, 6.07) is 5.25. The van der Waals surface area contributed by atoms with Crippen LogP contribution in [0.2, 0.25) is 5.02 Å². The van der Waals surface area contributed by atoms with Gasteiger partial charge in [0, 0.05) is 49.7 Å². The fraction of sp³-hybridized carbons (Fsp3) is 0.312. The van der Waals surface area contributed by atoms with E-state index >= 15 is 0 Å². The summed E-state index contributed by atoms with van der Waals surface area (Å²) in [4.78, 5) is 25.0. The van der Waals surface area contributed by atoms with E-state index in [0.717, 1.165) is 37.5 Å². The number of anilines is 1. The summed E-state index contributed by atoms with van der Waals surface area (Å²) >= 11 is 5.95. The van der Waals surface area contributed by atoms with Gasteiger partial charge in [0.15, 0.2) is 5.58 Å². The summed E-state index contributed by atoms with van der Waals surface area (Å²) < 4.78 is 6.92. The number of fused-ring (bicyclic) bond motifs is 1. The van der Waals surface area contributed by atoms with Crippen molar-refractivity contribution in [3.8, 4) is 0 Å². The van der Waals surface area contributed by atoms with Gasteiger partial charge in [0.05, 0.1) is 18.4 Å². The van der Waals surface area contributed by atoms with Gasteiger partial charge in [-0.25, -0.2) is 9.78 Å². The Kier molecular flexibility index (Phi) is 3.95. The van der Waals surface area contributed by atoms with Gasteiger partial charge >= 0.3 is 5.76 Å². The van der Waals surface area contributed by atoms with Crippen molar-refractivity contribution in [3.63, 3.8) is 0 Å². The lowest BCUT2D eigenvalue weighted by atomic mass is 10.3. The molecule has 0 atom stereocenters. The van der Waals surface area contributed by atoms with Crippen molar-refractivity contribution in [2.75, 3.05) is 31.1 Å². The van der Waals surface area contributed by atoms with Gasteiger partial charge in [0.2, 0.25) is 0 Å². The van der Waals surface area contributed by atoms with Crippen LogP contribution in [0.3, 0.4) is 0 Å². The van der Waals surface area contributed by atoms with Crippen molar-refractivity contribution in [3.05, 3.63) is 52.4 Å². The first-order valence-electron chi connectivity index (χ1n) is 7.73. The van der Waals surface area contributed by atoms with E-state index in [-0.39, 0.29) is 5.76 Å². The normalized spacial score (nSPS) is 16.0. The van der Waals surface area contributed by atoms with Crippen LogP contribution in [0.1, 0.15) is 0 Å². The molecule has 0 bridgehead atoms. The SMILES string of the molecule is O=c1oc2cc(Cl)ccc2n1CN1CCN(c2cnccn2)CC1. The highest BCUT2D eigenvalue weighted by molar-refractivity contribution is 6.31. The Morgan fingerprint density at radius 2 is 2.00 bits per heavy atom. The zero-order chi connectivity index (χ0) is 16.5. The third-order valence-electron chi connectivity index (χ3n) is 4.22. The van der Waals surface area contributed by atoms with Crippen LogP contribution in [0, 0.1) is 0 Å². The van der Waals surface area contributed by atoms with E-state index in [2.05, 4.69) is 19.8 Å². The fourth-order valence-electron chi connectivity index (χ4n) is 2.95. The minimum atomic E-state index is -0.358. The lowest BCUT2D eigenvalue weighted by molar-refractivity contribution is 0.201. The molecule has 1 aromatic carbocycles. The average Bonchev–Trinajstić information content (AvgIpc) is 2.91. The zero-order valence-electron chi connectivity index (χ0n) is 12.9. The predicted octanol–water partition coefficient (Wildman–Crippen LogP) is 1.82. The van der Waals surface area contributed by atoms with Gasteiger partial charge in [-0.2, -0.15) is 0 Å². The number of oxazole rings is 1. The molecule has 124 valence electrons. The van der Waals surface area contributed by atoms with Gasteiger partial charge in [-0.05, 0) is 12.1 Å². The average molecular weight is 346 g/mol. The number of hydrogen-bond acceptors (Lipinski definition) is 6. The Hall–Kier alpha value is -2.38. The second kappa shape index (κ2) is 6.26. The van der Waals surface area contributed by atoms with Crippen molar-refractivity contribution < 1.29 is 4.42 Å². The molecule has 3 heterocycles. The molecular weight excluding hydrogens is 330 g/mol. The van der Waals surface area contributed by atoms with Crippen LogP contribution < -0.4 is 10.7 Å². The van der Waals surface area contributed by atoms with Crippen LogP contribution in [-0.2, 0) is 6.67 Å². The van der Waals surface area contributed by atoms with Gasteiger partial charge in [0.1, 0.15) is 5.82 Å². The summed E-state index contributed by atoms with van der Waals surface area (Å²) in [7, 11) is 0. The second-order valence-electron chi connectivity index (χ2n) is 5.72. The summed E-state index contributed by atoms with van der Waals surface area (Å²) in [5.74, 6) is 0.529. The van der Waals surface area contributed by atoms with Crippen LogP contribution in [0.4, 0.5) is 5.82 Å². The Balaban J connectivity index is 1.48. The number of rotatable bonds is 3. The molecule has 0 N–H and O–H groups in total. The molecule has 1 fully saturated rings. The van der Waals surface area contributed by atoms with Crippen molar-refractivity contribution in [1.29, 1.82) is 0 Å². The standard InChI is InChI=1S/C16H16ClN5O2/c17-12-1-2-13-14(9-12)24-16(23)22(13)11-20-5-7-21(8-6-20)15-10-18-3-4-19-15/h1-4,9-10H,5-8,11H2. The minimum Gasteiger partial charge on any atom is -0.408 e. The van der Waals surface area contributed by atoms with E-state index in [9.17, 15) is 4.79 Å². The van der Waals surface area contributed by atoms with Crippen LogP contribution in [0.5, 0.6) is 0 Å². The van der Waals surface area contributed by atoms with E-state index in [1.165, 1.54) is 0 Å². The predicted molar refractivity (Wildman–Crippen MR) is 91.3 cm³/mol. The number of benzene rings is 1. The molecule has 7 nitrogen and oxygen atoms in total. The second-order valence-corrected chi connectivity index (χ2v) is 6.15. The minimum absolute atomic E-state index is 0.358. The Bertz CT molecular complexity index is 900. The summed E-state index contributed by atoms with van der Waals surface area (Å²) in [5.41, 5.74) is 1.28. The summed E-state index contributed by atoms with van der Waals surface area (Å²) in [6.45, 7) is 3.86. The Morgan fingerprint density at radius 1 is 1.17 bits per heavy atom. The maximum absolute atomic E-state index is 12.1. The van der Waals surface area contributed by atoms with E-state index in [1.54, 1.807) is 35.3 Å². The molecule has 1 aliphatic heterocycles. The molecule has 0 amide bonds. The largest absolute Gasteiger partial charge is 0.421 e. The number of nitrogens with zero attached hydrogens (tertiary/aromatic N) is 5. The molecular formula is C16H16ClN5O2. The van der Waals surface area contributed by atoms with Crippen LogP contribution in [0.25, 0.3) is 11.1 Å². The Labute approximate surface area is 143 Å². The quantitative estimate of drug-likeness (QED) is 0.721. The smallest absolute Gasteiger partial charge is 0.408 e. The maximum atomic E-state index is 12.1. The number of aromatic nitrogens is 3. The molecule has 0 saturated carbocycles. The third kappa shape index (κ3) is 2.88. The molecule has 24 heavy (non-hydrogen) atoms. The Morgan fingerprint density at radius 3 is 2.75 bits per heavy atom. The monoisotopic (exact) mass is 345 g/mol. The lowest BCUT2D eigenvalue weighted by Gasteiger charge is -2.35. The highest BCUT2D eigenvalue weighted by atomic mass is 35.5. The van der Waals surface area contributed by atoms with Gasteiger partial charge in [-0.1, -0.05) is 11.6 Å². The molecule has 4 rings (SSSR count). The zero-order valence-corrected chi connectivity index (χ0v) is 13.7. The molecule has 0 aliphatic carbocycles. The first-order valence-corrected chi connectivity index (χ1v) is 8.11. The summed E-state index contributed by atoms with van der Waals surface area (Å²) in [6.07, 6.45) is 5.14. The van der Waals surface area contributed by atoms with Crippen molar-refractivity contribution in [2.45, 2.75) is 6.67 Å². The highest BCUT2D eigenvalue weighted by Crippen LogP contribution is 2.19. The fourth-order valence-corrected chi connectivity index (χ4v) is 3.11. The number of halogens is 1. The highest BCUT2D eigenvalue weighted by Gasteiger charge is 2.20. The van der Waals surface area contributed by atoms with Gasteiger partial charge < -0.3 is 9.32 Å². The van der Waals surface area contributed by atoms with Crippen molar-refractivity contribution in [2.24, 2.45) is 0 Å². The maximum Gasteiger partial charge on any atom is 0.421 e. The molecule has 8 heteroatoms. The van der Waals surface area contributed by atoms with E-state index in [4.69, 9.17) is 16.0 Å². The van der Waals surface area contributed by atoms with Gasteiger partial charge in [-0.15, -0.1) is 0 Å². The summed E-state index contributed by atoms with van der Waals surface area (Å²) in [5, 5.41) is 0.556. The molecule has 2 aromatic heterocycles. The first-order chi connectivity index (χ1) is 11.7. The van der Waals surface area contributed by atoms with E-state index in [1.807, 2.05) is 6.07 Å².